The van der Waals surface area contributed by atoms with Crippen LogP contribution in [-0.4, -0.2) is 11.7 Å². The summed E-state index contributed by atoms with van der Waals surface area (Å²) in [5.74, 6) is -2.93. The van der Waals surface area contributed by atoms with Crippen LogP contribution in [0.2, 0.25) is 0 Å². The van der Waals surface area contributed by atoms with Crippen molar-refractivity contribution < 1.29 is 13.6 Å². The van der Waals surface area contributed by atoms with Gasteiger partial charge in [0.2, 0.25) is 0 Å². The summed E-state index contributed by atoms with van der Waals surface area (Å²) in [5.41, 5.74) is -1.07. The van der Waals surface area contributed by atoms with Crippen LogP contribution in [0.15, 0.2) is 0 Å². The highest BCUT2D eigenvalue weighted by Crippen LogP contribution is 2.53. The molecule has 0 heterocycles. The first-order valence-corrected chi connectivity index (χ1v) is 3.68. The van der Waals surface area contributed by atoms with Crippen molar-refractivity contribution in [2.75, 3.05) is 0 Å². The summed E-state index contributed by atoms with van der Waals surface area (Å²) in [6, 6.07) is 1.80. The minimum absolute atomic E-state index is 0.0426. The van der Waals surface area contributed by atoms with Crippen LogP contribution < -0.4 is 0 Å². The maximum Gasteiger partial charge on any atom is 0.251 e. The van der Waals surface area contributed by atoms with Crippen molar-refractivity contribution >= 4 is 5.78 Å². The maximum absolute atomic E-state index is 12.4. The molecule has 0 unspecified atom stereocenters. The van der Waals surface area contributed by atoms with Gasteiger partial charge in [-0.15, -0.1) is 0 Å². The fourth-order valence-electron chi connectivity index (χ4n) is 1.66. The topological polar surface area (TPSA) is 40.9 Å². The molecule has 4 heteroatoms. The molecule has 0 aromatic rings. The Hall–Kier alpha value is -0.980. The minimum atomic E-state index is -2.73. The van der Waals surface area contributed by atoms with E-state index in [-0.39, 0.29) is 12.2 Å². The second kappa shape index (κ2) is 2.51. The molecule has 0 radical (unpaired) electrons. The van der Waals surface area contributed by atoms with Crippen molar-refractivity contribution in [2.45, 2.75) is 32.1 Å². The summed E-state index contributed by atoms with van der Waals surface area (Å²) in [5, 5.41) is 8.58. The first-order valence-electron chi connectivity index (χ1n) is 3.68. The second-order valence-corrected chi connectivity index (χ2v) is 3.48. The maximum atomic E-state index is 12.4. The van der Waals surface area contributed by atoms with Gasteiger partial charge >= 0.3 is 0 Å². The van der Waals surface area contributed by atoms with E-state index in [0.29, 0.717) is 0 Å². The Kier molecular flexibility index (Phi) is 1.91. The number of carbonyl (C=O) groups excluding carboxylic acids is 1. The summed E-state index contributed by atoms with van der Waals surface area (Å²) in [6.07, 6.45) is -0.967. The van der Waals surface area contributed by atoms with Gasteiger partial charge in [-0.25, -0.2) is 8.78 Å². The Morgan fingerprint density at radius 2 is 2.08 bits per heavy atom. The summed E-state index contributed by atoms with van der Waals surface area (Å²) in [7, 11) is 0. The van der Waals surface area contributed by atoms with Crippen LogP contribution in [0, 0.1) is 16.7 Å². The lowest BCUT2D eigenvalue weighted by Crippen LogP contribution is -2.46. The highest BCUT2D eigenvalue weighted by Gasteiger charge is 2.57. The van der Waals surface area contributed by atoms with Gasteiger partial charge in [0, 0.05) is 19.3 Å². The number of rotatable bonds is 2. The molecule has 66 valence electrons. The molecule has 0 N–H and O–H groups in total. The molecule has 0 aromatic heterocycles. The average molecular weight is 173 g/mol. The van der Waals surface area contributed by atoms with Crippen LogP contribution in [0.25, 0.3) is 0 Å². The van der Waals surface area contributed by atoms with Crippen LogP contribution in [0.4, 0.5) is 8.78 Å². The van der Waals surface area contributed by atoms with Crippen LogP contribution in [0.3, 0.4) is 0 Å². The lowest BCUT2D eigenvalue weighted by Gasteiger charge is -2.41. The lowest BCUT2D eigenvalue weighted by molar-refractivity contribution is -0.148. The number of alkyl halides is 2. The molecular formula is C8H9F2NO. The Bertz CT molecular complexity index is 246. The van der Waals surface area contributed by atoms with E-state index >= 15 is 0 Å². The predicted octanol–water partition coefficient (Wildman–Crippen LogP) is 1.90. The van der Waals surface area contributed by atoms with Crippen molar-refractivity contribution in [3.05, 3.63) is 0 Å². The zero-order valence-electron chi connectivity index (χ0n) is 6.73. The molecule has 1 aliphatic carbocycles. The summed E-state index contributed by atoms with van der Waals surface area (Å²) in [4.78, 5) is 10.6. The monoisotopic (exact) mass is 173 g/mol. The van der Waals surface area contributed by atoms with E-state index in [2.05, 4.69) is 0 Å². The molecule has 1 aliphatic rings. The third-order valence-electron chi connectivity index (χ3n) is 2.02. The van der Waals surface area contributed by atoms with Gasteiger partial charge in [0.05, 0.1) is 11.5 Å². The number of hydrogen-bond acceptors (Lipinski definition) is 2. The SMILES string of the molecule is CC(=O)CC1(C#N)CC(F)(F)C1. The van der Waals surface area contributed by atoms with Crippen molar-refractivity contribution in [3.63, 3.8) is 0 Å². The zero-order chi connectivity index (χ0) is 9.41. The lowest BCUT2D eigenvalue weighted by atomic mass is 9.64. The summed E-state index contributed by atoms with van der Waals surface area (Å²) >= 11 is 0. The Morgan fingerprint density at radius 1 is 1.58 bits per heavy atom. The van der Waals surface area contributed by atoms with E-state index in [1.54, 1.807) is 6.07 Å². The number of hydrogen-bond donors (Lipinski definition) is 0. The quantitative estimate of drug-likeness (QED) is 0.639. The van der Waals surface area contributed by atoms with Gasteiger partial charge in [-0.1, -0.05) is 0 Å². The third kappa shape index (κ3) is 1.60. The van der Waals surface area contributed by atoms with Gasteiger partial charge in [0.25, 0.3) is 5.92 Å². The Labute approximate surface area is 69.2 Å². The number of carbonyl (C=O) groups is 1. The number of halogens is 2. The highest BCUT2D eigenvalue weighted by atomic mass is 19.3. The second-order valence-electron chi connectivity index (χ2n) is 3.48. The van der Waals surface area contributed by atoms with Crippen LogP contribution in [-0.2, 0) is 4.79 Å². The normalized spacial score (nSPS) is 23.8. The first kappa shape index (κ1) is 9.11. The van der Waals surface area contributed by atoms with Gasteiger partial charge in [0.15, 0.2) is 0 Å². The molecule has 0 atom stereocenters. The molecule has 0 bridgehead atoms. The highest BCUT2D eigenvalue weighted by molar-refractivity contribution is 5.77. The van der Waals surface area contributed by atoms with Gasteiger partial charge in [-0.3, -0.25) is 4.79 Å². The largest absolute Gasteiger partial charge is 0.300 e. The fraction of sp³-hybridized carbons (Fsp3) is 0.750. The van der Waals surface area contributed by atoms with Gasteiger partial charge in [-0.2, -0.15) is 5.26 Å². The van der Waals surface area contributed by atoms with E-state index in [0.717, 1.165) is 0 Å². The van der Waals surface area contributed by atoms with Crippen molar-refractivity contribution in [2.24, 2.45) is 5.41 Å². The molecule has 0 spiro atoms. The average Bonchev–Trinajstić information content (AvgIpc) is 1.81. The number of ketones is 1. The predicted molar refractivity (Wildman–Crippen MR) is 37.5 cm³/mol. The standard InChI is InChI=1S/C8H9F2NO/c1-6(12)2-7(5-11)3-8(9,10)4-7/h2-4H2,1H3. The van der Waals surface area contributed by atoms with E-state index in [1.165, 1.54) is 6.92 Å². The third-order valence-corrected chi connectivity index (χ3v) is 2.02. The summed E-state index contributed by atoms with van der Waals surface area (Å²) in [6.45, 7) is 1.32. The molecule has 0 aliphatic heterocycles. The van der Waals surface area contributed by atoms with Crippen LogP contribution in [0.5, 0.6) is 0 Å². The molecule has 1 rings (SSSR count). The zero-order valence-corrected chi connectivity index (χ0v) is 6.73. The van der Waals surface area contributed by atoms with Gasteiger partial charge < -0.3 is 0 Å². The van der Waals surface area contributed by atoms with E-state index in [4.69, 9.17) is 5.26 Å². The van der Waals surface area contributed by atoms with Crippen LogP contribution >= 0.6 is 0 Å². The molecule has 0 amide bonds. The molecule has 1 fully saturated rings. The van der Waals surface area contributed by atoms with Gasteiger partial charge in [-0.05, 0) is 6.92 Å². The number of Topliss-reactive ketones (excluding diaryl/α,β-unsaturated/α-hetero) is 1. The van der Waals surface area contributed by atoms with Crippen molar-refractivity contribution in [3.8, 4) is 6.07 Å². The molecular weight excluding hydrogens is 164 g/mol. The van der Waals surface area contributed by atoms with Crippen molar-refractivity contribution in [1.82, 2.24) is 0 Å². The van der Waals surface area contributed by atoms with E-state index < -0.39 is 24.2 Å². The molecule has 0 saturated heterocycles. The molecule has 12 heavy (non-hydrogen) atoms. The number of nitrogens with zero attached hydrogens (tertiary/aromatic N) is 1. The Balaban J connectivity index is 2.61. The minimum Gasteiger partial charge on any atom is -0.300 e. The summed E-state index contributed by atoms with van der Waals surface area (Å²) < 4.78 is 24.8. The van der Waals surface area contributed by atoms with Gasteiger partial charge in [0.1, 0.15) is 5.78 Å². The Morgan fingerprint density at radius 3 is 2.33 bits per heavy atom. The molecule has 0 aromatic carbocycles. The fourth-order valence-corrected chi connectivity index (χ4v) is 1.66. The molecule has 2 nitrogen and oxygen atoms in total. The molecule has 1 saturated carbocycles. The first-order chi connectivity index (χ1) is 5.39. The van der Waals surface area contributed by atoms with Crippen molar-refractivity contribution in [1.29, 1.82) is 5.26 Å². The van der Waals surface area contributed by atoms with Crippen LogP contribution in [0.1, 0.15) is 26.2 Å². The number of nitriles is 1. The smallest absolute Gasteiger partial charge is 0.251 e. The van der Waals surface area contributed by atoms with E-state index in [1.807, 2.05) is 0 Å². The van der Waals surface area contributed by atoms with E-state index in [9.17, 15) is 13.6 Å².